The molecule has 0 aliphatic carbocycles. The molecule has 0 fully saturated rings. The molecule has 0 N–H and O–H groups in total. The summed E-state index contributed by atoms with van der Waals surface area (Å²) in [5.74, 6) is -1.41. The first-order valence-corrected chi connectivity index (χ1v) is 7.82. The third kappa shape index (κ3) is 4.22. The number of carbonyl (C=O) groups is 1. The molecule has 0 unspecified atom stereocenters. The molecule has 3 aromatic rings. The van der Waals surface area contributed by atoms with Crippen LogP contribution in [0.5, 0.6) is 0 Å². The third-order valence-electron chi connectivity index (χ3n) is 3.89. The van der Waals surface area contributed by atoms with Crippen LogP contribution in [0.25, 0.3) is 0 Å². The van der Waals surface area contributed by atoms with E-state index in [0.29, 0.717) is 6.21 Å². The van der Waals surface area contributed by atoms with E-state index >= 15 is 0 Å². The van der Waals surface area contributed by atoms with Crippen LogP contribution < -0.4 is 34.7 Å². The van der Waals surface area contributed by atoms with Crippen molar-refractivity contribution in [3.8, 4) is 0 Å². The van der Waals surface area contributed by atoms with E-state index in [1.807, 2.05) is 91.0 Å². The van der Waals surface area contributed by atoms with Gasteiger partial charge in [-0.1, -0.05) is 96.2 Å². The van der Waals surface area contributed by atoms with Gasteiger partial charge in [-0.2, -0.15) is 0 Å². The van der Waals surface area contributed by atoms with Gasteiger partial charge in [0, 0.05) is 16.7 Å². The van der Waals surface area contributed by atoms with Crippen molar-refractivity contribution in [2.75, 3.05) is 0 Å². The first kappa shape index (κ1) is 19.9. The molecule has 0 saturated heterocycles. The summed E-state index contributed by atoms with van der Waals surface area (Å²) in [7, 11) is 0. The van der Waals surface area contributed by atoms with Crippen LogP contribution in [-0.2, 0) is 15.2 Å². The third-order valence-corrected chi connectivity index (χ3v) is 3.89. The molecule has 0 aliphatic rings. The predicted molar refractivity (Wildman–Crippen MR) is 93.8 cm³/mol. The zero-order chi connectivity index (χ0) is 17.5. The second kappa shape index (κ2) is 9.34. The van der Waals surface area contributed by atoms with Crippen molar-refractivity contribution in [2.45, 2.75) is 5.60 Å². The second-order valence-corrected chi connectivity index (χ2v) is 5.42. The van der Waals surface area contributed by atoms with Gasteiger partial charge < -0.3 is 14.7 Å². The maximum Gasteiger partial charge on any atom is 1.00 e. The summed E-state index contributed by atoms with van der Waals surface area (Å²) >= 11 is 0. The number of oxime groups is 1. The van der Waals surface area contributed by atoms with Gasteiger partial charge in [0.1, 0.15) is 0 Å². The number of rotatable bonds is 6. The molecule has 0 radical (unpaired) electrons. The number of hydrogen-bond donors (Lipinski definition) is 0. The van der Waals surface area contributed by atoms with Gasteiger partial charge in [-0.05, 0) is 0 Å². The number of aliphatic carboxylic acids is 1. The van der Waals surface area contributed by atoms with E-state index in [1.54, 1.807) is 0 Å². The molecule has 3 aromatic carbocycles. The minimum atomic E-state index is -1.41. The molecule has 124 valence electrons. The fourth-order valence-electron chi connectivity index (χ4n) is 2.83. The van der Waals surface area contributed by atoms with Crippen molar-refractivity contribution in [1.29, 1.82) is 0 Å². The minimum absolute atomic E-state index is 0. The zero-order valence-electron chi connectivity index (χ0n) is 14.4. The molecular formula is C21H16NNaO3. The monoisotopic (exact) mass is 353 g/mol. The van der Waals surface area contributed by atoms with E-state index in [2.05, 4.69) is 5.16 Å². The molecule has 0 atom stereocenters. The van der Waals surface area contributed by atoms with Crippen LogP contribution in [0.1, 0.15) is 16.7 Å². The molecule has 3 rings (SSSR count). The van der Waals surface area contributed by atoms with Crippen LogP contribution in [0, 0.1) is 0 Å². The molecule has 4 nitrogen and oxygen atoms in total. The fraction of sp³-hybridized carbons (Fsp3) is 0.0476. The Morgan fingerprint density at radius 3 is 1.42 bits per heavy atom. The molecule has 0 heterocycles. The normalized spacial score (nSPS) is 10.9. The SMILES string of the molecule is O=C([O-])C=NOC(c1ccccc1)(c1ccccc1)c1ccccc1.[Na+]. The van der Waals surface area contributed by atoms with Crippen molar-refractivity contribution in [3.63, 3.8) is 0 Å². The quantitative estimate of drug-likeness (QED) is 0.265. The van der Waals surface area contributed by atoms with Gasteiger partial charge in [0.15, 0.2) is 0 Å². The molecule has 26 heavy (non-hydrogen) atoms. The van der Waals surface area contributed by atoms with E-state index in [-0.39, 0.29) is 29.6 Å². The Hall–Kier alpha value is -2.40. The number of carboxylic acid groups (broad SMARTS) is 1. The summed E-state index contributed by atoms with van der Waals surface area (Å²) in [6, 6.07) is 28.7. The van der Waals surface area contributed by atoms with Gasteiger partial charge in [0.25, 0.3) is 0 Å². The molecule has 5 heteroatoms. The maximum atomic E-state index is 10.8. The molecule has 0 bridgehead atoms. The number of carboxylic acids is 1. The molecule has 0 spiro atoms. The topological polar surface area (TPSA) is 61.7 Å². The van der Waals surface area contributed by atoms with Crippen molar-refractivity contribution in [1.82, 2.24) is 0 Å². The van der Waals surface area contributed by atoms with Crippen molar-refractivity contribution in [3.05, 3.63) is 108 Å². The Morgan fingerprint density at radius 1 is 0.769 bits per heavy atom. The molecular weight excluding hydrogens is 337 g/mol. The van der Waals surface area contributed by atoms with Crippen LogP contribution >= 0.6 is 0 Å². The maximum absolute atomic E-state index is 10.8. The van der Waals surface area contributed by atoms with Gasteiger partial charge >= 0.3 is 29.6 Å². The summed E-state index contributed by atoms with van der Waals surface area (Å²) < 4.78 is 0. The molecule has 0 saturated carbocycles. The molecule has 0 aromatic heterocycles. The Labute approximate surface area is 174 Å². The largest absolute Gasteiger partial charge is 1.00 e. The van der Waals surface area contributed by atoms with Crippen LogP contribution in [-0.4, -0.2) is 12.2 Å². The standard InChI is InChI=1S/C21H17NO3.Na/c23-20(24)16-22-25-21(17-10-4-1-5-11-17,18-12-6-2-7-13-18)19-14-8-3-9-15-19;/h1-16H,(H,23,24);/q;+1/p-1. The van der Waals surface area contributed by atoms with E-state index in [9.17, 15) is 9.90 Å². The Morgan fingerprint density at radius 2 is 1.12 bits per heavy atom. The summed E-state index contributed by atoms with van der Waals surface area (Å²) in [4.78, 5) is 16.6. The van der Waals surface area contributed by atoms with Crippen molar-refractivity contribution >= 4 is 12.2 Å². The number of carbonyl (C=O) groups excluding carboxylic acids is 1. The van der Waals surface area contributed by atoms with Crippen LogP contribution in [0.2, 0.25) is 0 Å². The first-order valence-electron chi connectivity index (χ1n) is 7.82. The average molecular weight is 353 g/mol. The van der Waals surface area contributed by atoms with Crippen molar-refractivity contribution in [2.24, 2.45) is 5.16 Å². The van der Waals surface area contributed by atoms with Gasteiger partial charge in [0.05, 0.1) is 12.2 Å². The van der Waals surface area contributed by atoms with Gasteiger partial charge in [0.2, 0.25) is 5.60 Å². The van der Waals surface area contributed by atoms with E-state index < -0.39 is 11.6 Å². The smallest absolute Gasteiger partial charge is 0.544 e. The summed E-state index contributed by atoms with van der Waals surface area (Å²) in [6.07, 6.45) is 0.642. The predicted octanol–water partition coefficient (Wildman–Crippen LogP) is -0.265. The van der Waals surface area contributed by atoms with Gasteiger partial charge in [-0.3, -0.25) is 0 Å². The zero-order valence-corrected chi connectivity index (χ0v) is 16.4. The van der Waals surface area contributed by atoms with Gasteiger partial charge in [-0.25, -0.2) is 0 Å². The average Bonchev–Trinajstić information content (AvgIpc) is 2.67. The van der Waals surface area contributed by atoms with E-state index in [1.165, 1.54) is 0 Å². The van der Waals surface area contributed by atoms with Crippen LogP contribution in [0.15, 0.2) is 96.2 Å². The number of hydrogen-bond acceptors (Lipinski definition) is 4. The second-order valence-electron chi connectivity index (χ2n) is 5.42. The summed E-state index contributed by atoms with van der Waals surface area (Å²) in [5.41, 5.74) is 1.43. The number of nitrogens with zero attached hydrogens (tertiary/aromatic N) is 1. The van der Waals surface area contributed by atoms with E-state index in [0.717, 1.165) is 16.7 Å². The van der Waals surface area contributed by atoms with Gasteiger partial charge in [-0.15, -0.1) is 0 Å². The minimum Gasteiger partial charge on any atom is -0.544 e. The van der Waals surface area contributed by atoms with Crippen molar-refractivity contribution < 1.29 is 44.3 Å². The first-order chi connectivity index (χ1) is 12.2. The fourth-order valence-corrected chi connectivity index (χ4v) is 2.83. The summed E-state index contributed by atoms with van der Waals surface area (Å²) in [5, 5.41) is 14.4. The van der Waals surface area contributed by atoms with Crippen LogP contribution in [0.4, 0.5) is 0 Å². The Kier molecular flexibility index (Phi) is 7.16. The Bertz CT molecular complexity index is 756. The van der Waals surface area contributed by atoms with E-state index in [4.69, 9.17) is 4.84 Å². The molecule has 0 amide bonds. The van der Waals surface area contributed by atoms with Crippen LogP contribution in [0.3, 0.4) is 0 Å². The number of benzene rings is 3. The Balaban J connectivity index is 0.00000243. The summed E-state index contributed by atoms with van der Waals surface area (Å²) in [6.45, 7) is 0. The molecule has 0 aliphatic heterocycles.